The second kappa shape index (κ2) is 10.2. The summed E-state index contributed by atoms with van der Waals surface area (Å²) in [6.45, 7) is 2.93. The summed E-state index contributed by atoms with van der Waals surface area (Å²) in [4.78, 5) is 25.9. The van der Waals surface area contributed by atoms with Crippen molar-refractivity contribution in [3.63, 3.8) is 0 Å². The third kappa shape index (κ3) is 6.02. The Morgan fingerprint density at radius 2 is 1.78 bits per heavy atom. The maximum atomic E-state index is 12.3. The van der Waals surface area contributed by atoms with Crippen LogP contribution in [0.5, 0.6) is 11.5 Å². The van der Waals surface area contributed by atoms with E-state index >= 15 is 0 Å². The molecule has 0 aromatic heterocycles. The summed E-state index contributed by atoms with van der Waals surface area (Å²) in [6, 6.07) is 14.8. The SMILES string of the molecule is COc1cccc(CCN(CCNC(=O)c2ccccc2OC)C(C)=O)c1. The predicted octanol–water partition coefficient (Wildman–Crippen LogP) is 2.52. The zero-order valence-corrected chi connectivity index (χ0v) is 16.0. The second-order valence-corrected chi connectivity index (χ2v) is 6.06. The minimum atomic E-state index is -0.219. The summed E-state index contributed by atoms with van der Waals surface area (Å²) in [5.41, 5.74) is 1.57. The summed E-state index contributed by atoms with van der Waals surface area (Å²) in [5, 5.41) is 2.84. The third-order valence-corrected chi connectivity index (χ3v) is 4.27. The summed E-state index contributed by atoms with van der Waals surface area (Å²) in [5.74, 6) is 1.08. The molecule has 2 aromatic carbocycles. The Labute approximate surface area is 160 Å². The van der Waals surface area contributed by atoms with E-state index in [0.29, 0.717) is 30.9 Å². The number of nitrogens with zero attached hydrogens (tertiary/aromatic N) is 1. The molecule has 0 aliphatic rings. The van der Waals surface area contributed by atoms with E-state index in [2.05, 4.69) is 5.32 Å². The number of benzene rings is 2. The van der Waals surface area contributed by atoms with Gasteiger partial charge in [0.1, 0.15) is 11.5 Å². The van der Waals surface area contributed by atoms with E-state index in [9.17, 15) is 9.59 Å². The summed E-state index contributed by atoms with van der Waals surface area (Å²) in [7, 11) is 3.16. The van der Waals surface area contributed by atoms with Gasteiger partial charge in [0, 0.05) is 26.6 Å². The lowest BCUT2D eigenvalue weighted by Gasteiger charge is -2.21. The van der Waals surface area contributed by atoms with E-state index < -0.39 is 0 Å². The summed E-state index contributed by atoms with van der Waals surface area (Å²) in [6.07, 6.45) is 0.719. The van der Waals surface area contributed by atoms with Crippen LogP contribution in [0.4, 0.5) is 0 Å². The lowest BCUT2D eigenvalue weighted by Crippen LogP contribution is -2.38. The normalized spacial score (nSPS) is 10.2. The van der Waals surface area contributed by atoms with Crippen LogP contribution in [0.2, 0.25) is 0 Å². The van der Waals surface area contributed by atoms with Gasteiger partial charge < -0.3 is 19.7 Å². The first-order valence-corrected chi connectivity index (χ1v) is 8.84. The highest BCUT2D eigenvalue weighted by molar-refractivity contribution is 5.96. The average molecular weight is 370 g/mol. The van der Waals surface area contributed by atoms with E-state index in [1.165, 1.54) is 14.0 Å². The van der Waals surface area contributed by atoms with Gasteiger partial charge in [0.2, 0.25) is 5.91 Å². The molecule has 0 bridgehead atoms. The minimum Gasteiger partial charge on any atom is -0.497 e. The molecule has 0 saturated carbocycles. The lowest BCUT2D eigenvalue weighted by atomic mass is 10.1. The van der Waals surface area contributed by atoms with Crippen LogP contribution in [0.1, 0.15) is 22.8 Å². The van der Waals surface area contributed by atoms with Crippen LogP contribution in [0, 0.1) is 0 Å². The molecule has 0 saturated heterocycles. The Morgan fingerprint density at radius 1 is 1.00 bits per heavy atom. The standard InChI is InChI=1S/C21H26N2O4/c1-16(24)23(13-11-17-7-6-8-18(15-17)26-2)14-12-22-21(25)19-9-4-5-10-20(19)27-3/h4-10,15H,11-14H2,1-3H3,(H,22,25). The Hall–Kier alpha value is -3.02. The van der Waals surface area contributed by atoms with Crippen molar-refractivity contribution in [1.82, 2.24) is 10.2 Å². The van der Waals surface area contributed by atoms with Crippen LogP contribution in [-0.4, -0.2) is 50.6 Å². The summed E-state index contributed by atoms with van der Waals surface area (Å²) < 4.78 is 10.4. The predicted molar refractivity (Wildman–Crippen MR) is 104 cm³/mol. The number of para-hydroxylation sites is 1. The van der Waals surface area contributed by atoms with Gasteiger partial charge in [0.25, 0.3) is 5.91 Å². The number of carbonyl (C=O) groups excluding carboxylic acids is 2. The monoisotopic (exact) mass is 370 g/mol. The highest BCUT2D eigenvalue weighted by Gasteiger charge is 2.13. The number of ether oxygens (including phenoxy) is 2. The van der Waals surface area contributed by atoms with Gasteiger partial charge in [-0.2, -0.15) is 0 Å². The fourth-order valence-corrected chi connectivity index (χ4v) is 2.75. The van der Waals surface area contributed by atoms with Crippen molar-refractivity contribution >= 4 is 11.8 Å². The van der Waals surface area contributed by atoms with E-state index in [1.54, 1.807) is 30.2 Å². The molecule has 6 nitrogen and oxygen atoms in total. The van der Waals surface area contributed by atoms with Crippen molar-refractivity contribution < 1.29 is 19.1 Å². The van der Waals surface area contributed by atoms with E-state index in [-0.39, 0.29) is 11.8 Å². The van der Waals surface area contributed by atoms with Crippen LogP contribution < -0.4 is 14.8 Å². The van der Waals surface area contributed by atoms with Crippen LogP contribution in [0.25, 0.3) is 0 Å². The molecule has 2 rings (SSSR count). The van der Waals surface area contributed by atoms with Crippen molar-refractivity contribution in [2.45, 2.75) is 13.3 Å². The topological polar surface area (TPSA) is 67.9 Å². The van der Waals surface area contributed by atoms with Crippen LogP contribution in [0.15, 0.2) is 48.5 Å². The smallest absolute Gasteiger partial charge is 0.255 e. The first-order valence-electron chi connectivity index (χ1n) is 8.84. The van der Waals surface area contributed by atoms with Crippen molar-refractivity contribution in [1.29, 1.82) is 0 Å². The van der Waals surface area contributed by atoms with Gasteiger partial charge in [0.15, 0.2) is 0 Å². The van der Waals surface area contributed by atoms with Crippen LogP contribution in [0.3, 0.4) is 0 Å². The Kier molecular flexibility index (Phi) is 7.67. The van der Waals surface area contributed by atoms with Gasteiger partial charge in [-0.15, -0.1) is 0 Å². The Bertz CT molecular complexity index is 776. The van der Waals surface area contributed by atoms with Crippen molar-refractivity contribution in [3.05, 3.63) is 59.7 Å². The molecule has 0 aliphatic carbocycles. The number of hydrogen-bond donors (Lipinski definition) is 1. The van der Waals surface area contributed by atoms with E-state index in [1.807, 2.05) is 30.3 Å². The molecule has 2 aromatic rings. The molecule has 0 atom stereocenters. The van der Waals surface area contributed by atoms with Crippen molar-refractivity contribution in [2.24, 2.45) is 0 Å². The van der Waals surface area contributed by atoms with Gasteiger partial charge in [-0.1, -0.05) is 24.3 Å². The molecule has 0 fully saturated rings. The Morgan fingerprint density at radius 3 is 2.48 bits per heavy atom. The second-order valence-electron chi connectivity index (χ2n) is 6.06. The molecule has 6 heteroatoms. The van der Waals surface area contributed by atoms with Crippen molar-refractivity contribution in [3.8, 4) is 11.5 Å². The maximum Gasteiger partial charge on any atom is 0.255 e. The fourth-order valence-electron chi connectivity index (χ4n) is 2.75. The molecule has 2 amide bonds. The molecule has 0 spiro atoms. The molecule has 0 radical (unpaired) electrons. The number of amides is 2. The first-order chi connectivity index (χ1) is 13.0. The highest BCUT2D eigenvalue weighted by Crippen LogP contribution is 2.16. The first kappa shape index (κ1) is 20.3. The highest BCUT2D eigenvalue weighted by atomic mass is 16.5. The fraction of sp³-hybridized carbons (Fsp3) is 0.333. The van der Waals surface area contributed by atoms with Crippen molar-refractivity contribution in [2.75, 3.05) is 33.9 Å². The maximum absolute atomic E-state index is 12.3. The molecule has 144 valence electrons. The summed E-state index contributed by atoms with van der Waals surface area (Å²) >= 11 is 0. The van der Waals surface area contributed by atoms with Crippen LogP contribution in [-0.2, 0) is 11.2 Å². The molecular formula is C21H26N2O4. The molecule has 0 unspecified atom stereocenters. The van der Waals surface area contributed by atoms with E-state index in [0.717, 1.165) is 17.7 Å². The van der Waals surface area contributed by atoms with Crippen LogP contribution >= 0.6 is 0 Å². The van der Waals surface area contributed by atoms with Gasteiger partial charge in [-0.25, -0.2) is 0 Å². The van der Waals surface area contributed by atoms with Gasteiger partial charge >= 0.3 is 0 Å². The number of methoxy groups -OCH3 is 2. The van der Waals surface area contributed by atoms with E-state index in [4.69, 9.17) is 9.47 Å². The van der Waals surface area contributed by atoms with Gasteiger partial charge in [0.05, 0.1) is 19.8 Å². The van der Waals surface area contributed by atoms with Gasteiger partial charge in [-0.3, -0.25) is 9.59 Å². The molecule has 1 N–H and O–H groups in total. The third-order valence-electron chi connectivity index (χ3n) is 4.27. The average Bonchev–Trinajstić information content (AvgIpc) is 2.70. The number of hydrogen-bond acceptors (Lipinski definition) is 4. The molecular weight excluding hydrogens is 344 g/mol. The zero-order chi connectivity index (χ0) is 19.6. The number of rotatable bonds is 9. The molecule has 0 aliphatic heterocycles. The molecule has 0 heterocycles. The largest absolute Gasteiger partial charge is 0.497 e. The Balaban J connectivity index is 1.87. The number of nitrogens with one attached hydrogen (secondary N) is 1. The lowest BCUT2D eigenvalue weighted by molar-refractivity contribution is -0.128. The zero-order valence-electron chi connectivity index (χ0n) is 16.0. The molecule has 27 heavy (non-hydrogen) atoms. The minimum absolute atomic E-state index is 0.0237. The van der Waals surface area contributed by atoms with Gasteiger partial charge in [-0.05, 0) is 36.2 Å². The quantitative estimate of drug-likeness (QED) is 0.737. The number of carbonyl (C=O) groups is 2.